The first-order valence-electron chi connectivity index (χ1n) is 4.93. The average Bonchev–Trinajstić information content (AvgIpc) is 2.37. The lowest BCUT2D eigenvalue weighted by atomic mass is 10.3. The Labute approximate surface area is 109 Å². The van der Waals surface area contributed by atoms with Crippen molar-refractivity contribution in [1.29, 1.82) is 0 Å². The van der Waals surface area contributed by atoms with E-state index in [1.165, 1.54) is 7.05 Å². The minimum Gasteiger partial charge on any atom is -0.428 e. The summed E-state index contributed by atoms with van der Waals surface area (Å²) in [4.78, 5) is 0. The molecule has 0 unspecified atom stereocenters. The molecule has 0 amide bonds. The molecule has 1 aromatic rings. The minimum atomic E-state index is -2.71. The lowest BCUT2D eigenvalue weighted by molar-refractivity contribution is 0.233. The van der Waals surface area contributed by atoms with Gasteiger partial charge in [0.05, 0.1) is 0 Å². The van der Waals surface area contributed by atoms with Crippen LogP contribution < -0.4 is 14.8 Å². The van der Waals surface area contributed by atoms with Crippen LogP contribution in [0, 0.1) is 0 Å². The Morgan fingerprint density at radius 2 is 1.20 bits per heavy atom. The lowest BCUT2D eigenvalue weighted by Gasteiger charge is -2.09. The average molecular weight is 299 g/mol. The molecule has 0 saturated heterocycles. The van der Waals surface area contributed by atoms with E-state index in [0.29, 0.717) is 0 Å². The van der Waals surface area contributed by atoms with Crippen molar-refractivity contribution in [3.8, 4) is 11.5 Å². The number of ether oxygens (including phenoxy) is 2. The minimum absolute atomic E-state index is 0.136. The van der Waals surface area contributed by atoms with E-state index in [1.807, 2.05) is 0 Å². The van der Waals surface area contributed by atoms with E-state index in [1.54, 1.807) is 0 Å². The van der Waals surface area contributed by atoms with Gasteiger partial charge in [-0.2, -0.15) is 26.3 Å². The van der Waals surface area contributed by atoms with E-state index in [2.05, 4.69) is 14.8 Å². The highest BCUT2D eigenvalue weighted by Crippen LogP contribution is 2.30. The maximum absolute atomic E-state index is 12.6. The summed E-state index contributed by atoms with van der Waals surface area (Å²) in [6, 6.07) is -1.44. The molecule has 0 radical (unpaired) electrons. The molecule has 110 valence electrons. The lowest BCUT2D eigenvalue weighted by Crippen LogP contribution is -1.97. The van der Waals surface area contributed by atoms with Crippen LogP contribution in [0.2, 0.25) is 0 Å². The predicted octanol–water partition coefficient (Wildman–Crippen LogP) is 4.56. The van der Waals surface area contributed by atoms with Gasteiger partial charge in [0.2, 0.25) is 0 Å². The predicted molar refractivity (Wildman–Crippen MR) is 57.9 cm³/mol. The fraction of sp³-hybridized carbons (Fsp3) is 0.0909. The quantitative estimate of drug-likeness (QED) is 0.639. The summed E-state index contributed by atoms with van der Waals surface area (Å²) >= 11 is 0. The summed E-state index contributed by atoms with van der Waals surface area (Å²) in [6.07, 6.45) is -5.41. The van der Waals surface area contributed by atoms with Gasteiger partial charge in [0.15, 0.2) is 0 Å². The maximum atomic E-state index is 12.6. The van der Waals surface area contributed by atoms with Crippen LogP contribution in [0.25, 0.3) is 0 Å². The van der Waals surface area contributed by atoms with Gasteiger partial charge in [-0.25, -0.2) is 0 Å². The summed E-state index contributed by atoms with van der Waals surface area (Å²) < 4.78 is 81.0. The van der Waals surface area contributed by atoms with Crippen LogP contribution >= 0.6 is 0 Å². The molecule has 0 bridgehead atoms. The van der Waals surface area contributed by atoms with Gasteiger partial charge in [-0.1, -0.05) is 0 Å². The third-order valence-corrected chi connectivity index (χ3v) is 1.88. The molecule has 1 rings (SSSR count). The molecule has 0 fully saturated rings. The van der Waals surface area contributed by atoms with E-state index >= 15 is 0 Å². The molecule has 0 aromatic heterocycles. The topological polar surface area (TPSA) is 30.5 Å². The van der Waals surface area contributed by atoms with Crippen molar-refractivity contribution in [2.24, 2.45) is 0 Å². The van der Waals surface area contributed by atoms with Crippen LogP contribution in [0.4, 0.5) is 32.0 Å². The van der Waals surface area contributed by atoms with Crippen molar-refractivity contribution in [2.75, 3.05) is 12.4 Å². The molecular formula is C11H7F6NO2. The van der Waals surface area contributed by atoms with Crippen LogP contribution in [0.3, 0.4) is 0 Å². The molecule has 0 aliphatic rings. The van der Waals surface area contributed by atoms with E-state index < -0.39 is 35.7 Å². The molecule has 0 heterocycles. The smallest absolute Gasteiger partial charge is 0.344 e. The highest BCUT2D eigenvalue weighted by molar-refractivity contribution is 5.53. The first-order chi connectivity index (χ1) is 9.33. The standard InChI is InChI=1S/C11H7F6NO2/c1-18-5-2-6(19-10(16)8(12)13)4-7(3-5)20-11(17)9(14)15/h2-4,18H,1H3. The fourth-order valence-corrected chi connectivity index (χ4v) is 1.12. The Balaban J connectivity index is 3.09. The SMILES string of the molecule is CNc1cc(OC(F)=C(F)F)cc(OC(F)=C(F)F)c1. The van der Waals surface area contributed by atoms with Gasteiger partial charge >= 0.3 is 24.2 Å². The highest BCUT2D eigenvalue weighted by atomic mass is 19.3. The largest absolute Gasteiger partial charge is 0.428 e. The third kappa shape index (κ3) is 4.41. The van der Waals surface area contributed by atoms with Crippen LogP contribution in [0.1, 0.15) is 0 Å². The molecule has 20 heavy (non-hydrogen) atoms. The summed E-state index contributed by atoms with van der Waals surface area (Å²) in [5.74, 6) is -0.992. The zero-order valence-electron chi connectivity index (χ0n) is 9.82. The number of halogens is 6. The van der Waals surface area contributed by atoms with Crippen molar-refractivity contribution < 1.29 is 35.8 Å². The molecule has 0 spiro atoms. The van der Waals surface area contributed by atoms with Crippen LogP contribution in [0.5, 0.6) is 11.5 Å². The first kappa shape index (κ1) is 15.7. The number of benzene rings is 1. The van der Waals surface area contributed by atoms with Crippen molar-refractivity contribution >= 4 is 5.69 Å². The third-order valence-electron chi connectivity index (χ3n) is 1.88. The Hall–Kier alpha value is -2.32. The van der Waals surface area contributed by atoms with E-state index in [9.17, 15) is 26.3 Å². The van der Waals surface area contributed by atoms with E-state index in [0.717, 1.165) is 18.2 Å². The molecule has 1 aromatic carbocycles. The summed E-state index contributed by atoms with van der Waals surface area (Å²) in [7, 11) is 1.40. The van der Waals surface area contributed by atoms with Gasteiger partial charge < -0.3 is 14.8 Å². The maximum Gasteiger partial charge on any atom is 0.344 e. The van der Waals surface area contributed by atoms with Gasteiger partial charge in [0, 0.05) is 30.9 Å². The normalized spacial score (nSPS) is 9.75. The molecule has 0 aliphatic heterocycles. The number of hydrogen-bond acceptors (Lipinski definition) is 3. The molecule has 0 aliphatic carbocycles. The number of rotatable bonds is 5. The molecule has 9 heteroatoms. The Bertz CT molecular complexity index is 506. The second-order valence-electron chi connectivity index (χ2n) is 3.22. The number of nitrogens with one attached hydrogen (secondary N) is 1. The second-order valence-corrected chi connectivity index (χ2v) is 3.22. The second kappa shape index (κ2) is 6.73. The van der Waals surface area contributed by atoms with Gasteiger partial charge in [-0.15, -0.1) is 0 Å². The zero-order valence-corrected chi connectivity index (χ0v) is 9.82. The Kier molecular flexibility index (Phi) is 5.30. The van der Waals surface area contributed by atoms with Crippen LogP contribution in [0.15, 0.2) is 42.4 Å². The van der Waals surface area contributed by atoms with Gasteiger partial charge in [-0.3, -0.25) is 0 Å². The van der Waals surface area contributed by atoms with Crippen LogP contribution in [-0.2, 0) is 0 Å². The highest BCUT2D eigenvalue weighted by Gasteiger charge is 2.13. The molecule has 0 atom stereocenters. The van der Waals surface area contributed by atoms with Crippen molar-refractivity contribution in [3.05, 3.63) is 42.4 Å². The van der Waals surface area contributed by atoms with E-state index in [-0.39, 0.29) is 5.69 Å². The van der Waals surface area contributed by atoms with Gasteiger partial charge in [-0.05, 0) is 0 Å². The first-order valence-corrected chi connectivity index (χ1v) is 4.93. The fourth-order valence-electron chi connectivity index (χ4n) is 1.12. The van der Waals surface area contributed by atoms with Crippen molar-refractivity contribution in [1.82, 2.24) is 0 Å². The number of anilines is 1. The molecule has 3 nitrogen and oxygen atoms in total. The zero-order chi connectivity index (χ0) is 15.3. The summed E-state index contributed by atoms with van der Waals surface area (Å²) in [6.45, 7) is 0. The van der Waals surface area contributed by atoms with Gasteiger partial charge in [0.1, 0.15) is 11.5 Å². The Morgan fingerprint density at radius 1 is 0.800 bits per heavy atom. The van der Waals surface area contributed by atoms with Crippen molar-refractivity contribution in [3.63, 3.8) is 0 Å². The van der Waals surface area contributed by atoms with Crippen molar-refractivity contribution in [2.45, 2.75) is 0 Å². The number of hydrogen-bond donors (Lipinski definition) is 1. The van der Waals surface area contributed by atoms with Crippen LogP contribution in [-0.4, -0.2) is 7.05 Å². The summed E-state index contributed by atoms with van der Waals surface area (Å²) in [5.41, 5.74) is 0.136. The monoisotopic (exact) mass is 299 g/mol. The molecule has 0 saturated carbocycles. The summed E-state index contributed by atoms with van der Waals surface area (Å²) in [5, 5.41) is 2.50. The van der Waals surface area contributed by atoms with E-state index in [4.69, 9.17) is 0 Å². The molecule has 1 N–H and O–H groups in total. The molecular weight excluding hydrogens is 292 g/mol. The van der Waals surface area contributed by atoms with Gasteiger partial charge in [0.25, 0.3) is 0 Å². The Morgan fingerprint density at radius 3 is 1.50 bits per heavy atom.